The van der Waals surface area contributed by atoms with E-state index in [4.69, 9.17) is 9.47 Å². The van der Waals surface area contributed by atoms with Gasteiger partial charge in [0.15, 0.2) is 6.29 Å². The highest BCUT2D eigenvalue weighted by atomic mass is 32.2. The number of sulfone groups is 1. The predicted molar refractivity (Wildman–Crippen MR) is 62.0 cm³/mol. The molecule has 90 valence electrons. The smallest absolute Gasteiger partial charge is 0.158 e. The van der Waals surface area contributed by atoms with Crippen LogP contribution in [0.3, 0.4) is 0 Å². The summed E-state index contributed by atoms with van der Waals surface area (Å²) >= 11 is 1.63. The SMILES string of the molecule is CS(=O)(=O)CCSCCC1OCCCO1. The molecule has 0 aromatic rings. The van der Waals surface area contributed by atoms with Gasteiger partial charge in [-0.15, -0.1) is 0 Å². The number of hydrogen-bond acceptors (Lipinski definition) is 5. The summed E-state index contributed by atoms with van der Waals surface area (Å²) < 4.78 is 32.4. The van der Waals surface area contributed by atoms with Crippen molar-refractivity contribution >= 4 is 21.6 Å². The molecule has 0 bridgehead atoms. The molecular weight excluding hydrogens is 236 g/mol. The second-order valence-electron chi connectivity index (χ2n) is 3.56. The molecule has 0 saturated carbocycles. The molecule has 1 aliphatic heterocycles. The van der Waals surface area contributed by atoms with E-state index in [0.29, 0.717) is 5.75 Å². The summed E-state index contributed by atoms with van der Waals surface area (Å²) in [7, 11) is -2.81. The summed E-state index contributed by atoms with van der Waals surface area (Å²) in [5.74, 6) is 1.80. The third-order valence-corrected chi connectivity index (χ3v) is 4.21. The van der Waals surface area contributed by atoms with Gasteiger partial charge in [0.2, 0.25) is 0 Å². The number of rotatable bonds is 6. The maximum absolute atomic E-state index is 10.8. The molecule has 1 aliphatic rings. The molecule has 0 unspecified atom stereocenters. The van der Waals surface area contributed by atoms with Gasteiger partial charge >= 0.3 is 0 Å². The van der Waals surface area contributed by atoms with Crippen molar-refractivity contribution < 1.29 is 17.9 Å². The molecular formula is C9H18O4S2. The molecule has 0 amide bonds. The van der Waals surface area contributed by atoms with Crippen LogP contribution in [0.4, 0.5) is 0 Å². The second-order valence-corrected chi connectivity index (χ2v) is 7.04. The first-order valence-corrected chi connectivity index (χ1v) is 8.28. The fraction of sp³-hybridized carbons (Fsp3) is 1.00. The largest absolute Gasteiger partial charge is 0.353 e. The van der Waals surface area contributed by atoms with E-state index in [2.05, 4.69) is 0 Å². The first-order valence-electron chi connectivity index (χ1n) is 5.06. The molecule has 4 nitrogen and oxygen atoms in total. The molecule has 1 heterocycles. The second kappa shape index (κ2) is 6.73. The van der Waals surface area contributed by atoms with Gasteiger partial charge in [0.05, 0.1) is 19.0 Å². The van der Waals surface area contributed by atoms with E-state index < -0.39 is 9.84 Å². The van der Waals surface area contributed by atoms with Crippen LogP contribution in [0.25, 0.3) is 0 Å². The fourth-order valence-electron chi connectivity index (χ4n) is 1.20. The van der Waals surface area contributed by atoms with Crippen molar-refractivity contribution in [3.8, 4) is 0 Å². The Balaban J connectivity index is 1.96. The molecule has 6 heteroatoms. The van der Waals surface area contributed by atoms with Crippen LogP contribution in [-0.4, -0.2) is 51.4 Å². The lowest BCUT2D eigenvalue weighted by Gasteiger charge is -2.22. The summed E-state index contributed by atoms with van der Waals surface area (Å²) in [6.45, 7) is 1.55. The molecule has 0 atom stereocenters. The maximum Gasteiger partial charge on any atom is 0.158 e. The van der Waals surface area contributed by atoms with E-state index in [-0.39, 0.29) is 12.0 Å². The predicted octanol–water partition coefficient (Wildman–Crippen LogP) is 0.917. The highest BCUT2D eigenvalue weighted by molar-refractivity contribution is 8.00. The first kappa shape index (κ1) is 13.3. The summed E-state index contributed by atoms with van der Waals surface area (Å²) in [5.41, 5.74) is 0. The lowest BCUT2D eigenvalue weighted by atomic mass is 10.4. The molecule has 1 rings (SSSR count). The van der Waals surface area contributed by atoms with E-state index in [1.807, 2.05) is 0 Å². The molecule has 0 aliphatic carbocycles. The van der Waals surface area contributed by atoms with Gasteiger partial charge in [0.1, 0.15) is 9.84 Å². The van der Waals surface area contributed by atoms with Crippen molar-refractivity contribution in [1.29, 1.82) is 0 Å². The minimum atomic E-state index is -2.81. The van der Waals surface area contributed by atoms with E-state index in [1.54, 1.807) is 11.8 Å². The third kappa shape index (κ3) is 7.16. The average Bonchev–Trinajstić information content (AvgIpc) is 2.17. The molecule has 15 heavy (non-hydrogen) atoms. The van der Waals surface area contributed by atoms with Crippen molar-refractivity contribution in [2.45, 2.75) is 19.1 Å². The van der Waals surface area contributed by atoms with Crippen molar-refractivity contribution in [2.75, 3.05) is 36.7 Å². The number of hydrogen-bond donors (Lipinski definition) is 0. The standard InChI is InChI=1S/C9H18O4S2/c1-15(10,11)8-7-14-6-3-9-12-4-2-5-13-9/h9H,2-8H2,1H3. The first-order chi connectivity index (χ1) is 7.08. The molecule has 0 radical (unpaired) electrons. The molecule has 0 spiro atoms. The Kier molecular flexibility index (Phi) is 5.96. The molecule has 1 fully saturated rings. The number of thioether (sulfide) groups is 1. The van der Waals surface area contributed by atoms with E-state index in [0.717, 1.165) is 31.8 Å². The Morgan fingerprint density at radius 1 is 1.27 bits per heavy atom. The van der Waals surface area contributed by atoms with E-state index in [1.165, 1.54) is 6.26 Å². The van der Waals surface area contributed by atoms with Gasteiger partial charge in [0, 0.05) is 18.4 Å². The molecule has 0 aromatic carbocycles. The van der Waals surface area contributed by atoms with Crippen LogP contribution < -0.4 is 0 Å². The van der Waals surface area contributed by atoms with Gasteiger partial charge in [-0.3, -0.25) is 0 Å². The summed E-state index contributed by atoms with van der Waals surface area (Å²) in [4.78, 5) is 0. The zero-order valence-corrected chi connectivity index (χ0v) is 10.6. The van der Waals surface area contributed by atoms with Crippen LogP contribution >= 0.6 is 11.8 Å². The molecule has 0 aromatic heterocycles. The monoisotopic (exact) mass is 254 g/mol. The van der Waals surface area contributed by atoms with Gasteiger partial charge in [0.25, 0.3) is 0 Å². The Labute approximate surface area is 95.6 Å². The normalized spacial score (nSPS) is 19.3. The zero-order chi connectivity index (χ0) is 11.1. The van der Waals surface area contributed by atoms with Crippen LogP contribution in [0.15, 0.2) is 0 Å². The quantitative estimate of drug-likeness (QED) is 0.660. The summed E-state index contributed by atoms with van der Waals surface area (Å²) in [5, 5.41) is 0. The van der Waals surface area contributed by atoms with Crippen molar-refractivity contribution in [2.24, 2.45) is 0 Å². The molecule has 1 saturated heterocycles. The van der Waals surface area contributed by atoms with E-state index in [9.17, 15) is 8.42 Å². The maximum atomic E-state index is 10.8. The van der Waals surface area contributed by atoms with Crippen LogP contribution in [0, 0.1) is 0 Å². The van der Waals surface area contributed by atoms with Crippen molar-refractivity contribution in [3.05, 3.63) is 0 Å². The Hall–Kier alpha value is 0.220. The topological polar surface area (TPSA) is 52.6 Å². The van der Waals surface area contributed by atoms with Crippen LogP contribution in [0.5, 0.6) is 0 Å². The van der Waals surface area contributed by atoms with Gasteiger partial charge in [-0.05, 0) is 12.2 Å². The zero-order valence-electron chi connectivity index (χ0n) is 8.98. The van der Waals surface area contributed by atoms with Crippen LogP contribution in [-0.2, 0) is 19.3 Å². The van der Waals surface area contributed by atoms with Gasteiger partial charge in [-0.25, -0.2) is 8.42 Å². The van der Waals surface area contributed by atoms with E-state index >= 15 is 0 Å². The third-order valence-electron chi connectivity index (χ3n) is 1.99. The lowest BCUT2D eigenvalue weighted by molar-refractivity contribution is -0.178. The fourth-order valence-corrected chi connectivity index (χ4v) is 3.44. The minimum Gasteiger partial charge on any atom is -0.353 e. The Morgan fingerprint density at radius 3 is 2.53 bits per heavy atom. The summed E-state index contributed by atoms with van der Waals surface area (Å²) in [6.07, 6.45) is 3.00. The highest BCUT2D eigenvalue weighted by Gasteiger charge is 2.13. The van der Waals surface area contributed by atoms with Crippen LogP contribution in [0.2, 0.25) is 0 Å². The van der Waals surface area contributed by atoms with Crippen molar-refractivity contribution in [3.63, 3.8) is 0 Å². The average molecular weight is 254 g/mol. The van der Waals surface area contributed by atoms with Gasteiger partial charge in [-0.1, -0.05) is 0 Å². The Morgan fingerprint density at radius 2 is 1.93 bits per heavy atom. The lowest BCUT2D eigenvalue weighted by Crippen LogP contribution is -2.25. The highest BCUT2D eigenvalue weighted by Crippen LogP contribution is 2.12. The van der Waals surface area contributed by atoms with Crippen molar-refractivity contribution in [1.82, 2.24) is 0 Å². The molecule has 0 N–H and O–H groups in total. The minimum absolute atomic E-state index is 0.0792. The van der Waals surface area contributed by atoms with Gasteiger partial charge < -0.3 is 9.47 Å². The number of ether oxygens (including phenoxy) is 2. The Bertz CT molecular complexity index is 257. The van der Waals surface area contributed by atoms with Crippen LogP contribution in [0.1, 0.15) is 12.8 Å². The van der Waals surface area contributed by atoms with Gasteiger partial charge in [-0.2, -0.15) is 11.8 Å². The summed E-state index contributed by atoms with van der Waals surface area (Å²) in [6, 6.07) is 0.